The Balaban J connectivity index is 1.86. The normalized spacial score (nSPS) is 15.0. The summed E-state index contributed by atoms with van der Waals surface area (Å²) < 4.78 is 10.8. The molecule has 0 aliphatic heterocycles. The molecule has 0 saturated heterocycles. The molecule has 1 fully saturated rings. The highest BCUT2D eigenvalue weighted by atomic mass is 16.6. The molecule has 0 spiro atoms. The van der Waals surface area contributed by atoms with Crippen LogP contribution in [0.2, 0.25) is 0 Å². The highest BCUT2D eigenvalue weighted by Crippen LogP contribution is 2.27. The fourth-order valence-corrected chi connectivity index (χ4v) is 2.60. The Morgan fingerprint density at radius 2 is 1.92 bits per heavy atom. The quantitative estimate of drug-likeness (QED) is 0.815. The third-order valence-electron chi connectivity index (χ3n) is 4.11. The predicted molar refractivity (Wildman–Crippen MR) is 91.1 cm³/mol. The molecular formula is C19H22N2O4. The maximum absolute atomic E-state index is 12.7. The zero-order chi connectivity index (χ0) is 18.0. The summed E-state index contributed by atoms with van der Waals surface area (Å²) in [7, 11) is 0. The van der Waals surface area contributed by atoms with E-state index >= 15 is 0 Å². The Labute approximate surface area is 146 Å². The van der Waals surface area contributed by atoms with Crippen molar-refractivity contribution < 1.29 is 18.8 Å². The van der Waals surface area contributed by atoms with Gasteiger partial charge in [0.2, 0.25) is 6.10 Å². The van der Waals surface area contributed by atoms with Gasteiger partial charge in [0, 0.05) is 17.5 Å². The number of ether oxygens (including phenoxy) is 1. The molecule has 2 aromatic rings. The number of hydrogen-bond acceptors (Lipinski definition) is 5. The molecule has 1 aliphatic carbocycles. The Kier molecular flexibility index (Phi) is 4.88. The maximum atomic E-state index is 12.7. The number of benzene rings is 1. The van der Waals surface area contributed by atoms with Crippen molar-refractivity contribution in [2.45, 2.75) is 51.7 Å². The third kappa shape index (κ3) is 3.90. The first-order valence-electron chi connectivity index (χ1n) is 8.49. The summed E-state index contributed by atoms with van der Waals surface area (Å²) in [5.41, 5.74) is 1.40. The van der Waals surface area contributed by atoms with Gasteiger partial charge in [0.15, 0.2) is 5.76 Å². The van der Waals surface area contributed by atoms with Gasteiger partial charge in [-0.1, -0.05) is 49.3 Å². The van der Waals surface area contributed by atoms with Crippen molar-refractivity contribution in [3.8, 4) is 0 Å². The first-order chi connectivity index (χ1) is 12.0. The SMILES string of the molecule is Cc1noc(C(C)C)c1C(=O)O[C@H](C(=O)NC1CC1)c1ccccc1. The van der Waals surface area contributed by atoms with Crippen LogP contribution in [0, 0.1) is 6.92 Å². The van der Waals surface area contributed by atoms with Crippen LogP contribution in [-0.2, 0) is 9.53 Å². The fraction of sp³-hybridized carbons (Fsp3) is 0.421. The number of esters is 1. The number of nitrogens with zero attached hydrogens (tertiary/aromatic N) is 1. The van der Waals surface area contributed by atoms with Crippen molar-refractivity contribution in [1.29, 1.82) is 0 Å². The van der Waals surface area contributed by atoms with Crippen LogP contribution in [0.25, 0.3) is 0 Å². The van der Waals surface area contributed by atoms with Gasteiger partial charge in [0.25, 0.3) is 5.91 Å². The number of aryl methyl sites for hydroxylation is 1. The van der Waals surface area contributed by atoms with Gasteiger partial charge in [-0.25, -0.2) is 4.79 Å². The lowest BCUT2D eigenvalue weighted by molar-refractivity contribution is -0.130. The van der Waals surface area contributed by atoms with Crippen molar-refractivity contribution in [2.24, 2.45) is 0 Å². The predicted octanol–water partition coefficient (Wildman–Crippen LogP) is 3.28. The van der Waals surface area contributed by atoms with Crippen molar-refractivity contribution in [1.82, 2.24) is 10.5 Å². The van der Waals surface area contributed by atoms with Crippen LogP contribution in [-0.4, -0.2) is 23.1 Å². The van der Waals surface area contributed by atoms with E-state index in [1.165, 1.54) is 0 Å². The lowest BCUT2D eigenvalue weighted by Gasteiger charge is -2.18. The lowest BCUT2D eigenvalue weighted by atomic mass is 10.0. The largest absolute Gasteiger partial charge is 0.444 e. The van der Waals surface area contributed by atoms with E-state index in [2.05, 4.69) is 10.5 Å². The molecule has 1 N–H and O–H groups in total. The molecule has 6 heteroatoms. The fourth-order valence-electron chi connectivity index (χ4n) is 2.60. The van der Waals surface area contributed by atoms with Crippen molar-refractivity contribution in [2.75, 3.05) is 0 Å². The van der Waals surface area contributed by atoms with Crippen LogP contribution >= 0.6 is 0 Å². The second kappa shape index (κ2) is 7.09. The van der Waals surface area contributed by atoms with Gasteiger partial charge < -0.3 is 14.6 Å². The number of carbonyl (C=O) groups excluding carboxylic acids is 2. The number of carbonyl (C=O) groups is 2. The van der Waals surface area contributed by atoms with Crippen molar-refractivity contribution >= 4 is 11.9 Å². The van der Waals surface area contributed by atoms with Gasteiger partial charge >= 0.3 is 5.97 Å². The van der Waals surface area contributed by atoms with E-state index in [4.69, 9.17) is 9.26 Å². The molecule has 1 aromatic heterocycles. The van der Waals surface area contributed by atoms with E-state index in [-0.39, 0.29) is 17.9 Å². The molecule has 25 heavy (non-hydrogen) atoms. The zero-order valence-corrected chi connectivity index (χ0v) is 14.6. The summed E-state index contributed by atoms with van der Waals surface area (Å²) in [6.45, 7) is 5.50. The molecule has 1 aliphatic rings. The van der Waals surface area contributed by atoms with Crippen molar-refractivity contribution in [3.05, 3.63) is 52.9 Å². The van der Waals surface area contributed by atoms with E-state index in [9.17, 15) is 9.59 Å². The minimum absolute atomic E-state index is 0.0146. The third-order valence-corrected chi connectivity index (χ3v) is 4.11. The van der Waals surface area contributed by atoms with Crippen LogP contribution in [0.5, 0.6) is 0 Å². The highest BCUT2D eigenvalue weighted by molar-refractivity contribution is 5.94. The van der Waals surface area contributed by atoms with Crippen LogP contribution in [0.3, 0.4) is 0 Å². The number of rotatable bonds is 6. The average molecular weight is 342 g/mol. The highest BCUT2D eigenvalue weighted by Gasteiger charge is 2.33. The Bertz CT molecular complexity index is 763. The van der Waals surface area contributed by atoms with Gasteiger partial charge in [-0.05, 0) is 19.8 Å². The maximum Gasteiger partial charge on any atom is 0.344 e. The summed E-state index contributed by atoms with van der Waals surface area (Å²) >= 11 is 0. The van der Waals surface area contributed by atoms with Gasteiger partial charge in [-0.2, -0.15) is 0 Å². The monoisotopic (exact) mass is 342 g/mol. The molecule has 1 aromatic carbocycles. The second-order valence-corrected chi connectivity index (χ2v) is 6.64. The van der Waals surface area contributed by atoms with Crippen LogP contribution in [0.15, 0.2) is 34.9 Å². The molecular weight excluding hydrogens is 320 g/mol. The summed E-state index contributed by atoms with van der Waals surface area (Å²) in [6.07, 6.45) is 0.927. The minimum atomic E-state index is -0.997. The summed E-state index contributed by atoms with van der Waals surface area (Å²) in [4.78, 5) is 25.3. The Hall–Kier alpha value is -2.63. The van der Waals surface area contributed by atoms with Gasteiger partial charge in [-0.3, -0.25) is 4.79 Å². The lowest BCUT2D eigenvalue weighted by Crippen LogP contribution is -2.33. The van der Waals surface area contributed by atoms with Crippen LogP contribution < -0.4 is 5.32 Å². The molecule has 6 nitrogen and oxygen atoms in total. The topological polar surface area (TPSA) is 81.4 Å². The average Bonchev–Trinajstić information content (AvgIpc) is 3.31. The molecule has 0 unspecified atom stereocenters. The van der Waals surface area contributed by atoms with Gasteiger partial charge in [0.1, 0.15) is 5.56 Å². The van der Waals surface area contributed by atoms with Crippen LogP contribution in [0.4, 0.5) is 0 Å². The number of nitrogens with one attached hydrogen (secondary N) is 1. The Morgan fingerprint density at radius 1 is 1.24 bits per heavy atom. The number of hydrogen-bond donors (Lipinski definition) is 1. The minimum Gasteiger partial charge on any atom is -0.444 e. The summed E-state index contributed by atoms with van der Waals surface area (Å²) in [5.74, 6) is -0.444. The zero-order valence-electron chi connectivity index (χ0n) is 14.6. The summed E-state index contributed by atoms with van der Waals surface area (Å²) in [5, 5.41) is 6.77. The molecule has 0 bridgehead atoms. The molecule has 1 saturated carbocycles. The van der Waals surface area contributed by atoms with E-state index in [1.54, 1.807) is 19.1 Å². The Morgan fingerprint density at radius 3 is 2.52 bits per heavy atom. The standard InChI is InChI=1S/C19H22N2O4/c1-11(2)16-15(12(3)21-25-16)19(23)24-17(13-7-5-4-6-8-13)18(22)20-14-9-10-14/h4-8,11,14,17H,9-10H2,1-3H3,(H,20,22)/t17-/m0/s1. The second-order valence-electron chi connectivity index (χ2n) is 6.64. The molecule has 132 valence electrons. The van der Waals surface area contributed by atoms with Crippen molar-refractivity contribution in [3.63, 3.8) is 0 Å². The molecule has 3 rings (SSSR count). The van der Waals surface area contributed by atoms with E-state index in [1.807, 2.05) is 32.0 Å². The molecule has 1 atom stereocenters. The van der Waals surface area contributed by atoms with E-state index in [0.29, 0.717) is 22.6 Å². The van der Waals surface area contributed by atoms with Gasteiger partial charge in [0.05, 0.1) is 5.69 Å². The smallest absolute Gasteiger partial charge is 0.344 e. The van der Waals surface area contributed by atoms with Crippen LogP contribution in [0.1, 0.15) is 66.1 Å². The first-order valence-corrected chi connectivity index (χ1v) is 8.49. The summed E-state index contributed by atoms with van der Waals surface area (Å²) in [6, 6.07) is 9.20. The first kappa shape index (κ1) is 17.2. The van der Waals surface area contributed by atoms with Gasteiger partial charge in [-0.15, -0.1) is 0 Å². The van der Waals surface area contributed by atoms with E-state index in [0.717, 1.165) is 12.8 Å². The number of aromatic nitrogens is 1. The van der Waals surface area contributed by atoms with E-state index < -0.39 is 12.1 Å². The molecule has 0 radical (unpaired) electrons. The molecule has 1 heterocycles. The molecule has 1 amide bonds. The number of amides is 1.